The molecule has 3 rings (SSSR count). The van der Waals surface area contributed by atoms with Crippen molar-refractivity contribution in [1.82, 2.24) is 10.2 Å². The highest BCUT2D eigenvalue weighted by molar-refractivity contribution is 4.89. The smallest absolute Gasteiger partial charge is 0.00418 e. The molecule has 19 heavy (non-hydrogen) atoms. The third-order valence-electron chi connectivity index (χ3n) is 6.08. The second kappa shape index (κ2) is 6.13. The van der Waals surface area contributed by atoms with Gasteiger partial charge in [0.15, 0.2) is 0 Å². The second-order valence-corrected chi connectivity index (χ2v) is 7.61. The quantitative estimate of drug-likeness (QED) is 0.822. The molecule has 1 saturated carbocycles. The number of hydrogen-bond acceptors (Lipinski definition) is 2. The zero-order valence-electron chi connectivity index (χ0n) is 12.8. The highest BCUT2D eigenvalue weighted by Crippen LogP contribution is 2.44. The Morgan fingerprint density at radius 1 is 1.05 bits per heavy atom. The van der Waals surface area contributed by atoms with Gasteiger partial charge in [0.25, 0.3) is 0 Å². The van der Waals surface area contributed by atoms with Crippen molar-refractivity contribution in [2.24, 2.45) is 11.3 Å². The monoisotopic (exact) mass is 264 g/mol. The van der Waals surface area contributed by atoms with Crippen LogP contribution in [-0.2, 0) is 0 Å². The molecular formula is C17H32N2. The first-order chi connectivity index (χ1) is 9.26. The molecule has 0 amide bonds. The minimum absolute atomic E-state index is 0.744. The maximum atomic E-state index is 3.58. The van der Waals surface area contributed by atoms with Gasteiger partial charge in [-0.1, -0.05) is 19.3 Å². The van der Waals surface area contributed by atoms with Crippen LogP contribution in [0.4, 0.5) is 0 Å². The van der Waals surface area contributed by atoms with Gasteiger partial charge in [-0.05, 0) is 76.4 Å². The number of nitrogens with zero attached hydrogens (tertiary/aromatic N) is 1. The number of nitrogens with one attached hydrogen (secondary N) is 1. The zero-order valence-corrected chi connectivity index (χ0v) is 12.8. The van der Waals surface area contributed by atoms with Gasteiger partial charge < -0.3 is 10.2 Å². The lowest BCUT2D eigenvalue weighted by atomic mass is 9.68. The fraction of sp³-hybridized carbons (Fsp3) is 1.00. The van der Waals surface area contributed by atoms with E-state index >= 15 is 0 Å². The standard InChI is InChI=1S/C17H32N2/c1-15-13-16(5-10-18-15)14-19-11-8-17(9-12-19)6-3-2-4-7-17/h15-16,18H,2-14H2,1H3. The van der Waals surface area contributed by atoms with E-state index in [0.29, 0.717) is 0 Å². The minimum atomic E-state index is 0.744. The average molecular weight is 264 g/mol. The molecule has 0 aromatic heterocycles. The van der Waals surface area contributed by atoms with Gasteiger partial charge in [-0.2, -0.15) is 0 Å². The maximum Gasteiger partial charge on any atom is 0.00418 e. The Bertz CT molecular complexity index is 273. The topological polar surface area (TPSA) is 15.3 Å². The first-order valence-electron chi connectivity index (χ1n) is 8.72. The summed E-state index contributed by atoms with van der Waals surface area (Å²) in [6, 6.07) is 0.744. The van der Waals surface area contributed by atoms with Gasteiger partial charge in [-0.3, -0.25) is 0 Å². The van der Waals surface area contributed by atoms with E-state index in [-0.39, 0.29) is 0 Å². The van der Waals surface area contributed by atoms with Gasteiger partial charge in [0, 0.05) is 12.6 Å². The summed E-state index contributed by atoms with van der Waals surface area (Å²) < 4.78 is 0. The molecule has 2 aliphatic heterocycles. The summed E-state index contributed by atoms with van der Waals surface area (Å²) >= 11 is 0. The molecule has 2 heteroatoms. The summed E-state index contributed by atoms with van der Waals surface area (Å²) in [5.41, 5.74) is 0.774. The molecule has 2 unspecified atom stereocenters. The molecule has 2 nitrogen and oxygen atoms in total. The van der Waals surface area contributed by atoms with Crippen LogP contribution in [0.1, 0.15) is 64.7 Å². The number of piperidine rings is 2. The molecule has 1 aliphatic carbocycles. The normalized spacial score (nSPS) is 36.5. The van der Waals surface area contributed by atoms with Crippen molar-refractivity contribution in [2.45, 2.75) is 70.8 Å². The lowest BCUT2D eigenvalue weighted by Crippen LogP contribution is -2.45. The highest BCUT2D eigenvalue weighted by Gasteiger charge is 2.35. The first kappa shape index (κ1) is 13.9. The summed E-state index contributed by atoms with van der Waals surface area (Å²) in [7, 11) is 0. The minimum Gasteiger partial charge on any atom is -0.314 e. The molecule has 0 radical (unpaired) electrons. The summed E-state index contributed by atoms with van der Waals surface area (Å²) in [5.74, 6) is 0.955. The molecular weight excluding hydrogens is 232 g/mol. The van der Waals surface area contributed by atoms with Crippen molar-refractivity contribution in [2.75, 3.05) is 26.2 Å². The molecule has 3 aliphatic rings. The Morgan fingerprint density at radius 2 is 1.79 bits per heavy atom. The van der Waals surface area contributed by atoms with Crippen molar-refractivity contribution in [3.05, 3.63) is 0 Å². The fourth-order valence-electron chi connectivity index (χ4n) is 4.78. The second-order valence-electron chi connectivity index (χ2n) is 7.61. The average Bonchev–Trinajstić information content (AvgIpc) is 2.43. The van der Waals surface area contributed by atoms with Gasteiger partial charge >= 0.3 is 0 Å². The Balaban J connectivity index is 1.44. The Morgan fingerprint density at radius 3 is 2.47 bits per heavy atom. The molecule has 1 spiro atoms. The van der Waals surface area contributed by atoms with E-state index in [4.69, 9.17) is 0 Å². The lowest BCUT2D eigenvalue weighted by Gasteiger charge is -2.45. The largest absolute Gasteiger partial charge is 0.314 e. The lowest BCUT2D eigenvalue weighted by molar-refractivity contribution is 0.0553. The molecule has 0 bridgehead atoms. The predicted octanol–water partition coefficient (Wildman–Crippen LogP) is 3.42. The summed E-state index contributed by atoms with van der Waals surface area (Å²) in [4.78, 5) is 2.78. The van der Waals surface area contributed by atoms with Crippen LogP contribution in [-0.4, -0.2) is 37.1 Å². The third-order valence-corrected chi connectivity index (χ3v) is 6.08. The number of likely N-dealkylation sites (tertiary alicyclic amines) is 1. The van der Waals surface area contributed by atoms with E-state index in [1.807, 2.05) is 0 Å². The highest BCUT2D eigenvalue weighted by atomic mass is 15.1. The van der Waals surface area contributed by atoms with Crippen LogP contribution in [0.15, 0.2) is 0 Å². The molecule has 0 aromatic rings. The summed E-state index contributed by atoms with van der Waals surface area (Å²) in [5, 5.41) is 3.58. The molecule has 2 saturated heterocycles. The van der Waals surface area contributed by atoms with Gasteiger partial charge in [0.05, 0.1) is 0 Å². The number of hydrogen-bond donors (Lipinski definition) is 1. The molecule has 110 valence electrons. The van der Waals surface area contributed by atoms with Gasteiger partial charge in [-0.25, -0.2) is 0 Å². The van der Waals surface area contributed by atoms with Crippen molar-refractivity contribution >= 4 is 0 Å². The maximum absolute atomic E-state index is 3.58. The van der Waals surface area contributed by atoms with Crippen molar-refractivity contribution in [3.63, 3.8) is 0 Å². The predicted molar refractivity (Wildman–Crippen MR) is 81.4 cm³/mol. The van der Waals surface area contributed by atoms with Crippen LogP contribution >= 0.6 is 0 Å². The van der Waals surface area contributed by atoms with Gasteiger partial charge in [0.2, 0.25) is 0 Å². The molecule has 0 aromatic carbocycles. The van der Waals surface area contributed by atoms with E-state index in [0.717, 1.165) is 17.4 Å². The van der Waals surface area contributed by atoms with E-state index in [1.165, 1.54) is 84.0 Å². The van der Waals surface area contributed by atoms with Crippen LogP contribution < -0.4 is 5.32 Å². The SMILES string of the molecule is CC1CC(CN2CCC3(CCCCC3)CC2)CCN1. The number of rotatable bonds is 2. The molecule has 3 fully saturated rings. The zero-order chi connectivity index (χ0) is 13.1. The van der Waals surface area contributed by atoms with E-state index in [1.54, 1.807) is 0 Å². The van der Waals surface area contributed by atoms with E-state index in [2.05, 4.69) is 17.1 Å². The van der Waals surface area contributed by atoms with Gasteiger partial charge in [0.1, 0.15) is 0 Å². The van der Waals surface area contributed by atoms with Crippen LogP contribution in [0.3, 0.4) is 0 Å². The van der Waals surface area contributed by atoms with E-state index < -0.39 is 0 Å². The Hall–Kier alpha value is -0.0800. The van der Waals surface area contributed by atoms with Crippen molar-refractivity contribution in [3.8, 4) is 0 Å². The molecule has 1 N–H and O–H groups in total. The summed E-state index contributed by atoms with van der Waals surface area (Å²) in [6.07, 6.45) is 13.3. The van der Waals surface area contributed by atoms with Crippen LogP contribution in [0.5, 0.6) is 0 Å². The Labute approximate surface area is 119 Å². The van der Waals surface area contributed by atoms with Crippen molar-refractivity contribution in [1.29, 1.82) is 0 Å². The van der Waals surface area contributed by atoms with E-state index in [9.17, 15) is 0 Å². The Kier molecular flexibility index (Phi) is 4.48. The fourth-order valence-corrected chi connectivity index (χ4v) is 4.78. The van der Waals surface area contributed by atoms with Gasteiger partial charge in [-0.15, -0.1) is 0 Å². The van der Waals surface area contributed by atoms with Crippen LogP contribution in [0, 0.1) is 11.3 Å². The third kappa shape index (κ3) is 3.52. The summed E-state index contributed by atoms with van der Waals surface area (Å²) in [6.45, 7) is 7.74. The molecule has 2 atom stereocenters. The molecule has 2 heterocycles. The van der Waals surface area contributed by atoms with Crippen molar-refractivity contribution < 1.29 is 0 Å². The first-order valence-corrected chi connectivity index (χ1v) is 8.72. The van der Waals surface area contributed by atoms with Crippen LogP contribution in [0.25, 0.3) is 0 Å². The van der Waals surface area contributed by atoms with Crippen LogP contribution in [0.2, 0.25) is 0 Å².